The molecule has 0 spiro atoms. The van der Waals surface area contributed by atoms with Crippen LogP contribution in [0, 0.1) is 0 Å². The molecule has 0 aliphatic rings. The van der Waals surface area contributed by atoms with Gasteiger partial charge in [0.2, 0.25) is 0 Å². The maximum absolute atomic E-state index is 12.1. The van der Waals surface area contributed by atoms with Gasteiger partial charge in [-0.3, -0.25) is 9.78 Å². The molecule has 0 atom stereocenters. The van der Waals surface area contributed by atoms with Crippen LogP contribution in [-0.2, 0) is 0 Å². The smallest absolute Gasteiger partial charge is 0.278 e. The third-order valence-corrected chi connectivity index (χ3v) is 2.39. The SMILES string of the molecule is CN(C(=O)c1cnccn1)c1ccccc1N. The summed E-state index contributed by atoms with van der Waals surface area (Å²) in [4.78, 5) is 21.3. The molecule has 0 saturated heterocycles. The van der Waals surface area contributed by atoms with Gasteiger partial charge in [0.05, 0.1) is 17.6 Å². The fourth-order valence-electron chi connectivity index (χ4n) is 1.48. The Balaban J connectivity index is 2.30. The van der Waals surface area contributed by atoms with Crippen LogP contribution in [0.3, 0.4) is 0 Å². The molecule has 2 rings (SSSR count). The summed E-state index contributed by atoms with van der Waals surface area (Å²) in [7, 11) is 1.66. The van der Waals surface area contributed by atoms with Crippen molar-refractivity contribution >= 4 is 17.3 Å². The molecule has 0 unspecified atom stereocenters. The van der Waals surface area contributed by atoms with Crippen LogP contribution in [0.15, 0.2) is 42.9 Å². The molecule has 1 aromatic carbocycles. The third kappa shape index (κ3) is 2.23. The molecule has 0 fully saturated rings. The van der Waals surface area contributed by atoms with Crippen molar-refractivity contribution in [3.05, 3.63) is 48.5 Å². The summed E-state index contributed by atoms with van der Waals surface area (Å²) in [5.74, 6) is -0.240. The van der Waals surface area contributed by atoms with Gasteiger partial charge in [-0.15, -0.1) is 0 Å². The van der Waals surface area contributed by atoms with Gasteiger partial charge in [0.1, 0.15) is 5.69 Å². The Hall–Kier alpha value is -2.43. The first-order chi connectivity index (χ1) is 8.20. The average molecular weight is 228 g/mol. The van der Waals surface area contributed by atoms with Gasteiger partial charge in [-0.2, -0.15) is 0 Å². The number of hydrogen-bond donors (Lipinski definition) is 1. The van der Waals surface area contributed by atoms with E-state index < -0.39 is 0 Å². The van der Waals surface area contributed by atoms with E-state index in [4.69, 9.17) is 5.73 Å². The Morgan fingerprint density at radius 3 is 2.71 bits per heavy atom. The molecule has 0 bridgehead atoms. The zero-order valence-corrected chi connectivity index (χ0v) is 9.37. The van der Waals surface area contributed by atoms with Gasteiger partial charge < -0.3 is 10.6 Å². The van der Waals surface area contributed by atoms with Gasteiger partial charge in [-0.05, 0) is 12.1 Å². The molecular formula is C12H12N4O. The molecular weight excluding hydrogens is 216 g/mol. The Morgan fingerprint density at radius 1 is 1.29 bits per heavy atom. The highest BCUT2D eigenvalue weighted by Gasteiger charge is 2.16. The monoisotopic (exact) mass is 228 g/mol. The molecule has 0 aliphatic carbocycles. The van der Waals surface area contributed by atoms with E-state index in [-0.39, 0.29) is 5.91 Å². The van der Waals surface area contributed by atoms with E-state index in [0.717, 1.165) is 0 Å². The quantitative estimate of drug-likeness (QED) is 0.787. The Kier molecular flexibility index (Phi) is 3.00. The number of nitrogens with two attached hydrogens (primary N) is 1. The van der Waals surface area contributed by atoms with Crippen LogP contribution in [0.25, 0.3) is 0 Å². The van der Waals surface area contributed by atoms with Crippen molar-refractivity contribution in [2.24, 2.45) is 0 Å². The molecule has 1 amide bonds. The van der Waals surface area contributed by atoms with Gasteiger partial charge in [0.15, 0.2) is 0 Å². The first-order valence-electron chi connectivity index (χ1n) is 5.08. The number of para-hydroxylation sites is 2. The van der Waals surface area contributed by atoms with Crippen LogP contribution in [0.4, 0.5) is 11.4 Å². The standard InChI is InChI=1S/C12H12N4O/c1-16(11-5-3-2-4-9(11)13)12(17)10-8-14-6-7-15-10/h2-8H,13H2,1H3. The summed E-state index contributed by atoms with van der Waals surface area (Å²) in [6.45, 7) is 0. The van der Waals surface area contributed by atoms with Gasteiger partial charge in [-0.1, -0.05) is 12.1 Å². The molecule has 0 aliphatic heterocycles. The van der Waals surface area contributed by atoms with Crippen molar-refractivity contribution in [2.45, 2.75) is 0 Å². The Labute approximate surface area is 98.9 Å². The zero-order valence-electron chi connectivity index (χ0n) is 9.37. The van der Waals surface area contributed by atoms with E-state index in [2.05, 4.69) is 9.97 Å². The first kappa shape index (κ1) is 11.1. The third-order valence-electron chi connectivity index (χ3n) is 2.39. The molecule has 1 heterocycles. The minimum Gasteiger partial charge on any atom is -0.397 e. The molecule has 5 heteroatoms. The van der Waals surface area contributed by atoms with Gasteiger partial charge in [-0.25, -0.2) is 4.98 Å². The number of carbonyl (C=O) groups is 1. The number of amides is 1. The second-order valence-electron chi connectivity index (χ2n) is 3.51. The van der Waals surface area contributed by atoms with Gasteiger partial charge in [0, 0.05) is 19.4 Å². The molecule has 86 valence electrons. The van der Waals surface area contributed by atoms with Crippen molar-refractivity contribution in [3.8, 4) is 0 Å². The molecule has 2 N–H and O–H groups in total. The first-order valence-corrected chi connectivity index (χ1v) is 5.08. The fourth-order valence-corrected chi connectivity index (χ4v) is 1.48. The highest BCUT2D eigenvalue weighted by atomic mass is 16.2. The number of anilines is 2. The maximum atomic E-state index is 12.1. The molecule has 5 nitrogen and oxygen atoms in total. The number of aromatic nitrogens is 2. The number of hydrogen-bond acceptors (Lipinski definition) is 4. The highest BCUT2D eigenvalue weighted by molar-refractivity contribution is 6.05. The highest BCUT2D eigenvalue weighted by Crippen LogP contribution is 2.22. The van der Waals surface area contributed by atoms with Crippen molar-refractivity contribution in [1.82, 2.24) is 9.97 Å². The average Bonchev–Trinajstić information content (AvgIpc) is 2.39. The summed E-state index contributed by atoms with van der Waals surface area (Å²) in [5.41, 5.74) is 7.30. The van der Waals surface area contributed by atoms with Crippen LogP contribution in [0.5, 0.6) is 0 Å². The molecule has 17 heavy (non-hydrogen) atoms. The normalized spacial score (nSPS) is 9.94. The van der Waals surface area contributed by atoms with Crippen LogP contribution in [0.2, 0.25) is 0 Å². The summed E-state index contributed by atoms with van der Waals surface area (Å²) >= 11 is 0. The minimum absolute atomic E-state index is 0.240. The van der Waals surface area contributed by atoms with Crippen LogP contribution in [0.1, 0.15) is 10.5 Å². The zero-order chi connectivity index (χ0) is 12.3. The van der Waals surface area contributed by atoms with Crippen molar-refractivity contribution < 1.29 is 4.79 Å². The topological polar surface area (TPSA) is 72.1 Å². The van der Waals surface area contributed by atoms with E-state index in [1.807, 2.05) is 12.1 Å². The van der Waals surface area contributed by atoms with Crippen LogP contribution < -0.4 is 10.6 Å². The van der Waals surface area contributed by atoms with Gasteiger partial charge >= 0.3 is 0 Å². The molecule has 0 radical (unpaired) electrons. The second kappa shape index (κ2) is 4.61. The lowest BCUT2D eigenvalue weighted by atomic mass is 10.2. The number of rotatable bonds is 2. The van der Waals surface area contributed by atoms with E-state index in [1.165, 1.54) is 23.5 Å². The number of benzene rings is 1. The van der Waals surface area contributed by atoms with Crippen molar-refractivity contribution in [2.75, 3.05) is 17.7 Å². The van der Waals surface area contributed by atoms with E-state index in [9.17, 15) is 4.79 Å². The maximum Gasteiger partial charge on any atom is 0.278 e. The summed E-state index contributed by atoms with van der Waals surface area (Å²) < 4.78 is 0. The molecule has 0 saturated carbocycles. The number of carbonyl (C=O) groups excluding carboxylic acids is 1. The second-order valence-corrected chi connectivity index (χ2v) is 3.51. The van der Waals surface area contributed by atoms with Gasteiger partial charge in [0.25, 0.3) is 5.91 Å². The van der Waals surface area contributed by atoms with Crippen molar-refractivity contribution in [3.63, 3.8) is 0 Å². The summed E-state index contributed by atoms with van der Waals surface area (Å²) in [6, 6.07) is 7.17. The number of nitrogens with zero attached hydrogens (tertiary/aromatic N) is 3. The van der Waals surface area contributed by atoms with Crippen molar-refractivity contribution in [1.29, 1.82) is 0 Å². The van der Waals surface area contributed by atoms with E-state index in [0.29, 0.717) is 17.1 Å². The lowest BCUT2D eigenvalue weighted by Crippen LogP contribution is -2.27. The Bertz CT molecular complexity index is 527. The lowest BCUT2D eigenvalue weighted by molar-refractivity contribution is 0.0988. The minimum atomic E-state index is -0.240. The van der Waals surface area contributed by atoms with E-state index >= 15 is 0 Å². The predicted octanol–water partition coefficient (Wildman–Crippen LogP) is 1.34. The summed E-state index contributed by atoms with van der Waals surface area (Å²) in [5, 5.41) is 0. The van der Waals surface area contributed by atoms with E-state index in [1.54, 1.807) is 19.2 Å². The van der Waals surface area contributed by atoms with Crippen LogP contribution in [-0.4, -0.2) is 22.9 Å². The van der Waals surface area contributed by atoms with Crippen LogP contribution >= 0.6 is 0 Å². The number of nitrogen functional groups attached to an aromatic ring is 1. The Morgan fingerprint density at radius 2 is 2.06 bits per heavy atom. The lowest BCUT2D eigenvalue weighted by Gasteiger charge is -2.18. The fraction of sp³-hybridized carbons (Fsp3) is 0.0833. The largest absolute Gasteiger partial charge is 0.397 e. The molecule has 2 aromatic rings. The predicted molar refractivity (Wildman–Crippen MR) is 65.6 cm³/mol. The molecule has 1 aromatic heterocycles. The summed E-state index contributed by atoms with van der Waals surface area (Å²) in [6.07, 6.45) is 4.43.